The zero-order valence-electron chi connectivity index (χ0n) is 15.9. The zero-order chi connectivity index (χ0) is 18.8. The SMILES string of the molecule is CCN(CC)Cc1c(C)[nH]c(C=C2C(=O)NN=C2c2cc(C)on2)c1C. The molecule has 0 unspecified atom stereocenters. The molecule has 138 valence electrons. The molecular formula is C19H25N5O2. The quantitative estimate of drug-likeness (QED) is 0.780. The van der Waals surface area contributed by atoms with E-state index in [1.165, 1.54) is 5.56 Å². The molecule has 26 heavy (non-hydrogen) atoms. The van der Waals surface area contributed by atoms with E-state index in [1.807, 2.05) is 13.0 Å². The minimum atomic E-state index is -0.238. The van der Waals surface area contributed by atoms with E-state index in [0.29, 0.717) is 22.7 Å². The van der Waals surface area contributed by atoms with Crippen molar-refractivity contribution in [2.75, 3.05) is 13.1 Å². The number of hydrogen-bond donors (Lipinski definition) is 2. The molecule has 0 aliphatic carbocycles. The number of rotatable bonds is 6. The van der Waals surface area contributed by atoms with E-state index in [1.54, 1.807) is 6.07 Å². The van der Waals surface area contributed by atoms with Gasteiger partial charge in [0.15, 0.2) is 0 Å². The highest BCUT2D eigenvalue weighted by atomic mass is 16.5. The van der Waals surface area contributed by atoms with Crippen LogP contribution in [0.1, 0.15) is 47.8 Å². The van der Waals surface area contributed by atoms with Gasteiger partial charge in [0, 0.05) is 24.0 Å². The van der Waals surface area contributed by atoms with Gasteiger partial charge in [-0.25, -0.2) is 5.43 Å². The lowest BCUT2D eigenvalue weighted by Gasteiger charge is -2.18. The van der Waals surface area contributed by atoms with E-state index >= 15 is 0 Å². The Labute approximate surface area is 153 Å². The number of nitrogens with one attached hydrogen (secondary N) is 2. The van der Waals surface area contributed by atoms with Gasteiger partial charge in [0.1, 0.15) is 17.2 Å². The average molecular weight is 355 g/mol. The van der Waals surface area contributed by atoms with Crippen LogP contribution in [0.5, 0.6) is 0 Å². The van der Waals surface area contributed by atoms with Crippen LogP contribution in [0, 0.1) is 20.8 Å². The second-order valence-electron chi connectivity index (χ2n) is 6.51. The molecule has 0 atom stereocenters. The molecular weight excluding hydrogens is 330 g/mol. The fourth-order valence-corrected chi connectivity index (χ4v) is 3.15. The monoisotopic (exact) mass is 355 g/mol. The molecule has 2 aromatic rings. The number of hydrogen-bond acceptors (Lipinski definition) is 5. The number of aryl methyl sites for hydroxylation is 2. The van der Waals surface area contributed by atoms with Gasteiger partial charge in [0.2, 0.25) is 0 Å². The molecule has 0 saturated carbocycles. The Kier molecular flexibility index (Phi) is 5.08. The zero-order valence-corrected chi connectivity index (χ0v) is 15.9. The Morgan fingerprint density at radius 3 is 2.58 bits per heavy atom. The van der Waals surface area contributed by atoms with Gasteiger partial charge in [0.05, 0.1) is 5.57 Å². The predicted molar refractivity (Wildman–Crippen MR) is 101 cm³/mol. The molecule has 2 aromatic heterocycles. The second kappa shape index (κ2) is 7.29. The third kappa shape index (κ3) is 3.35. The van der Waals surface area contributed by atoms with Crippen LogP contribution in [-0.4, -0.2) is 39.7 Å². The van der Waals surface area contributed by atoms with Gasteiger partial charge < -0.3 is 9.51 Å². The van der Waals surface area contributed by atoms with Gasteiger partial charge in [-0.1, -0.05) is 19.0 Å². The van der Waals surface area contributed by atoms with Crippen molar-refractivity contribution >= 4 is 17.7 Å². The lowest BCUT2D eigenvalue weighted by atomic mass is 10.0. The Morgan fingerprint density at radius 1 is 1.23 bits per heavy atom. The van der Waals surface area contributed by atoms with Crippen molar-refractivity contribution in [3.8, 4) is 0 Å². The summed E-state index contributed by atoms with van der Waals surface area (Å²) in [6.07, 6.45) is 1.85. The van der Waals surface area contributed by atoms with E-state index in [0.717, 1.165) is 36.6 Å². The number of hydrazone groups is 1. The maximum Gasteiger partial charge on any atom is 0.273 e. The number of H-pyrrole nitrogens is 1. The summed E-state index contributed by atoms with van der Waals surface area (Å²) in [6, 6.07) is 1.77. The first-order chi connectivity index (χ1) is 12.4. The van der Waals surface area contributed by atoms with Crippen LogP contribution < -0.4 is 5.43 Å². The first-order valence-corrected chi connectivity index (χ1v) is 8.88. The van der Waals surface area contributed by atoms with Crippen molar-refractivity contribution in [2.45, 2.75) is 41.2 Å². The van der Waals surface area contributed by atoms with Gasteiger partial charge in [-0.15, -0.1) is 0 Å². The fraction of sp³-hybridized carbons (Fsp3) is 0.421. The van der Waals surface area contributed by atoms with Gasteiger partial charge in [0.25, 0.3) is 5.91 Å². The second-order valence-corrected chi connectivity index (χ2v) is 6.51. The van der Waals surface area contributed by atoms with Crippen LogP contribution in [0.15, 0.2) is 21.3 Å². The van der Waals surface area contributed by atoms with E-state index < -0.39 is 0 Å². The van der Waals surface area contributed by atoms with Crippen molar-refractivity contribution in [1.29, 1.82) is 0 Å². The molecule has 3 heterocycles. The van der Waals surface area contributed by atoms with Gasteiger partial charge in [-0.3, -0.25) is 9.69 Å². The minimum absolute atomic E-state index is 0.238. The highest BCUT2D eigenvalue weighted by Gasteiger charge is 2.27. The Bertz CT molecular complexity index is 884. The van der Waals surface area contributed by atoms with E-state index in [2.05, 4.69) is 53.3 Å². The number of aromatic nitrogens is 2. The van der Waals surface area contributed by atoms with Crippen molar-refractivity contribution in [3.63, 3.8) is 0 Å². The first-order valence-electron chi connectivity index (χ1n) is 8.88. The number of aromatic amines is 1. The van der Waals surface area contributed by atoms with Gasteiger partial charge in [-0.2, -0.15) is 5.10 Å². The molecule has 1 amide bonds. The molecule has 0 fully saturated rings. The van der Waals surface area contributed by atoms with Crippen molar-refractivity contribution in [3.05, 3.63) is 45.6 Å². The van der Waals surface area contributed by atoms with Crippen LogP contribution in [0.3, 0.4) is 0 Å². The predicted octanol–water partition coefficient (Wildman–Crippen LogP) is 2.69. The Balaban J connectivity index is 1.96. The van der Waals surface area contributed by atoms with Crippen molar-refractivity contribution < 1.29 is 9.32 Å². The highest BCUT2D eigenvalue weighted by Crippen LogP contribution is 2.24. The third-order valence-electron chi connectivity index (χ3n) is 4.84. The molecule has 1 aliphatic heterocycles. The molecule has 3 rings (SSSR count). The van der Waals surface area contributed by atoms with E-state index in [-0.39, 0.29) is 5.91 Å². The summed E-state index contributed by atoms with van der Waals surface area (Å²) in [5.74, 6) is 0.437. The van der Waals surface area contributed by atoms with Gasteiger partial charge in [-0.05, 0) is 51.1 Å². The van der Waals surface area contributed by atoms with Crippen LogP contribution in [0.4, 0.5) is 0 Å². The van der Waals surface area contributed by atoms with Crippen LogP contribution in [-0.2, 0) is 11.3 Å². The van der Waals surface area contributed by atoms with E-state index in [4.69, 9.17) is 4.52 Å². The molecule has 2 N–H and O–H groups in total. The molecule has 0 aromatic carbocycles. The summed E-state index contributed by atoms with van der Waals surface area (Å²) in [7, 11) is 0. The molecule has 7 nitrogen and oxygen atoms in total. The summed E-state index contributed by atoms with van der Waals surface area (Å²) >= 11 is 0. The van der Waals surface area contributed by atoms with Gasteiger partial charge >= 0.3 is 0 Å². The molecule has 0 saturated heterocycles. The largest absolute Gasteiger partial charge is 0.361 e. The fourth-order valence-electron chi connectivity index (χ4n) is 3.15. The number of carbonyl (C=O) groups is 1. The number of nitrogens with zero attached hydrogens (tertiary/aromatic N) is 3. The topological polar surface area (TPSA) is 86.5 Å². The van der Waals surface area contributed by atoms with E-state index in [9.17, 15) is 4.79 Å². The minimum Gasteiger partial charge on any atom is -0.361 e. The van der Waals surface area contributed by atoms with Crippen molar-refractivity contribution in [2.24, 2.45) is 5.10 Å². The summed E-state index contributed by atoms with van der Waals surface area (Å²) in [6.45, 7) is 13.2. The average Bonchev–Trinajstić information content (AvgIpc) is 3.27. The molecule has 0 bridgehead atoms. The van der Waals surface area contributed by atoms with Crippen LogP contribution >= 0.6 is 0 Å². The summed E-state index contributed by atoms with van der Waals surface area (Å²) < 4.78 is 5.12. The third-order valence-corrected chi connectivity index (χ3v) is 4.84. The summed E-state index contributed by atoms with van der Waals surface area (Å²) in [5, 5.41) is 8.09. The van der Waals surface area contributed by atoms with Crippen LogP contribution in [0.25, 0.3) is 6.08 Å². The summed E-state index contributed by atoms with van der Waals surface area (Å²) in [5.41, 5.74) is 8.52. The molecule has 0 radical (unpaired) electrons. The molecule has 7 heteroatoms. The molecule has 0 spiro atoms. The smallest absolute Gasteiger partial charge is 0.273 e. The van der Waals surface area contributed by atoms with Crippen molar-refractivity contribution in [1.82, 2.24) is 20.5 Å². The highest BCUT2D eigenvalue weighted by molar-refractivity contribution is 6.32. The van der Waals surface area contributed by atoms with Crippen LogP contribution in [0.2, 0.25) is 0 Å². The lowest BCUT2D eigenvalue weighted by molar-refractivity contribution is -0.116. The summed E-state index contributed by atoms with van der Waals surface area (Å²) in [4.78, 5) is 18.0. The normalized spacial score (nSPS) is 15.8. The Morgan fingerprint density at radius 2 is 1.96 bits per heavy atom. The lowest BCUT2D eigenvalue weighted by Crippen LogP contribution is -2.22. The maximum atomic E-state index is 12.3. The number of carbonyl (C=O) groups excluding carboxylic acids is 1. The first kappa shape index (κ1) is 18.1. The standard InChI is InChI=1S/C19H25N5O2/c1-6-24(7-2)10-15-12(4)16(20-13(15)5)9-14-18(21-22-19(14)25)17-8-11(3)26-23-17/h8-9,20H,6-7,10H2,1-5H3,(H,22,25). The number of amides is 1. The Hall–Kier alpha value is -2.67. The maximum absolute atomic E-state index is 12.3. The molecule has 1 aliphatic rings.